The van der Waals surface area contributed by atoms with Crippen molar-refractivity contribution in [2.24, 2.45) is 9.98 Å². The van der Waals surface area contributed by atoms with Crippen molar-refractivity contribution in [3.05, 3.63) is 95.0 Å². The number of hydrogen-bond acceptors (Lipinski definition) is 5. The van der Waals surface area contributed by atoms with E-state index in [0.29, 0.717) is 13.0 Å². The molecule has 0 saturated carbocycles. The van der Waals surface area contributed by atoms with Crippen LogP contribution in [0.25, 0.3) is 11.3 Å². The number of aryl methyl sites for hydroxylation is 1. The van der Waals surface area contributed by atoms with E-state index in [2.05, 4.69) is 76.5 Å². The fourth-order valence-corrected chi connectivity index (χ4v) is 3.85. The molecule has 0 aliphatic heterocycles. The molecule has 1 aromatic carbocycles. The van der Waals surface area contributed by atoms with Gasteiger partial charge >= 0.3 is 0 Å². The van der Waals surface area contributed by atoms with Gasteiger partial charge in [-0.3, -0.25) is 9.98 Å². The molecule has 1 aliphatic carbocycles. The SMILES string of the molecule is C=N/C(C/C=C\N=C/C)=C(\NCC(/C=C\C)=C/C=C(\C)NN(C)C)c1ccc2c(c1)CCC2=C. The largest absolute Gasteiger partial charge is 0.379 e. The number of hydrazine groups is 1. The topological polar surface area (TPSA) is 52.0 Å². The third-order valence-electron chi connectivity index (χ3n) is 5.40. The molecule has 0 atom stereocenters. The lowest BCUT2D eigenvalue weighted by atomic mass is 10.0. The fourth-order valence-electron chi connectivity index (χ4n) is 3.85. The number of aliphatic imine (C=N–C) groups is 2. The van der Waals surface area contributed by atoms with Crippen molar-refractivity contribution < 1.29 is 0 Å². The van der Waals surface area contributed by atoms with Gasteiger partial charge in [0.25, 0.3) is 0 Å². The van der Waals surface area contributed by atoms with Crippen molar-refractivity contribution in [2.75, 3.05) is 20.6 Å². The molecule has 0 saturated heterocycles. The van der Waals surface area contributed by atoms with Crippen molar-refractivity contribution >= 4 is 24.2 Å². The molecule has 2 rings (SSSR count). The number of allylic oxidation sites excluding steroid dienone is 6. The molecule has 2 N–H and O–H groups in total. The second-order valence-corrected chi connectivity index (χ2v) is 8.40. The van der Waals surface area contributed by atoms with Crippen LogP contribution in [0.1, 0.15) is 50.3 Å². The van der Waals surface area contributed by atoms with Crippen molar-refractivity contribution in [1.82, 2.24) is 15.8 Å². The molecular weight excluding hydrogens is 418 g/mol. The van der Waals surface area contributed by atoms with Gasteiger partial charge in [0.2, 0.25) is 0 Å². The zero-order chi connectivity index (χ0) is 24.9. The second kappa shape index (κ2) is 14.0. The van der Waals surface area contributed by atoms with Crippen molar-refractivity contribution in [2.45, 2.75) is 40.0 Å². The van der Waals surface area contributed by atoms with E-state index < -0.39 is 0 Å². The highest BCUT2D eigenvalue weighted by atomic mass is 15.5. The van der Waals surface area contributed by atoms with Gasteiger partial charge in [0.05, 0.1) is 11.4 Å². The Morgan fingerprint density at radius 3 is 2.65 bits per heavy atom. The molecule has 0 aromatic heterocycles. The number of rotatable bonds is 12. The summed E-state index contributed by atoms with van der Waals surface area (Å²) < 4.78 is 0. The molecule has 0 fully saturated rings. The molecule has 0 spiro atoms. The third-order valence-corrected chi connectivity index (χ3v) is 5.40. The Bertz CT molecular complexity index is 1050. The summed E-state index contributed by atoms with van der Waals surface area (Å²) >= 11 is 0. The van der Waals surface area contributed by atoms with Gasteiger partial charge in [0.15, 0.2) is 0 Å². The summed E-state index contributed by atoms with van der Waals surface area (Å²) in [6.07, 6.45) is 16.6. The number of hydrogen-bond donors (Lipinski definition) is 2. The fraction of sp³-hybridized carbons (Fsp3) is 0.310. The zero-order valence-corrected chi connectivity index (χ0v) is 21.4. The normalized spacial score (nSPS) is 15.5. The Kier molecular flexibility index (Phi) is 11.0. The molecule has 1 aliphatic rings. The summed E-state index contributed by atoms with van der Waals surface area (Å²) in [6, 6.07) is 6.60. The number of nitrogens with zero attached hydrogens (tertiary/aromatic N) is 3. The molecule has 0 radical (unpaired) electrons. The molecule has 0 bridgehead atoms. The van der Waals surface area contributed by atoms with E-state index in [0.717, 1.165) is 41.1 Å². The average Bonchev–Trinajstić information content (AvgIpc) is 3.18. The van der Waals surface area contributed by atoms with Crippen molar-refractivity contribution in [1.29, 1.82) is 0 Å². The van der Waals surface area contributed by atoms with Gasteiger partial charge in [-0.1, -0.05) is 43.0 Å². The minimum Gasteiger partial charge on any atom is -0.379 e. The van der Waals surface area contributed by atoms with Crippen LogP contribution in [-0.2, 0) is 6.42 Å². The van der Waals surface area contributed by atoms with E-state index in [9.17, 15) is 0 Å². The first-order valence-corrected chi connectivity index (χ1v) is 11.7. The zero-order valence-electron chi connectivity index (χ0n) is 21.4. The standard InChI is InChI=1S/C29H39N5/c1-8-11-24(15-14-23(4)33-34(6)7)21-32-29(28(30-5)12-10-19-31-9-2)26-17-18-27-22(3)13-16-25(27)20-26/h8-11,14-15,17-20,32-33H,3,5,12-13,16,21H2,1-2,4,6-7H3/b11-8-,19-10-,23-14+,24-15+,29-28-,31-9-. The van der Waals surface area contributed by atoms with Gasteiger partial charge in [-0.15, -0.1) is 0 Å². The van der Waals surface area contributed by atoms with E-state index in [4.69, 9.17) is 0 Å². The van der Waals surface area contributed by atoms with Crippen LogP contribution in [-0.4, -0.2) is 38.6 Å². The lowest BCUT2D eigenvalue weighted by Crippen LogP contribution is -2.28. The molecule has 0 unspecified atom stereocenters. The quantitative estimate of drug-likeness (QED) is 0.227. The molecule has 5 heteroatoms. The minimum atomic E-state index is 0.640. The minimum absolute atomic E-state index is 0.640. The summed E-state index contributed by atoms with van der Waals surface area (Å²) in [7, 11) is 3.95. The molecule has 0 heterocycles. The first kappa shape index (κ1) is 26.8. The van der Waals surface area contributed by atoms with Crippen LogP contribution in [0.4, 0.5) is 0 Å². The molecule has 180 valence electrons. The van der Waals surface area contributed by atoms with E-state index in [1.54, 1.807) is 12.4 Å². The predicted molar refractivity (Wildman–Crippen MR) is 150 cm³/mol. The van der Waals surface area contributed by atoms with Gasteiger partial charge in [0.1, 0.15) is 0 Å². The van der Waals surface area contributed by atoms with Crippen LogP contribution in [0.3, 0.4) is 0 Å². The molecule has 5 nitrogen and oxygen atoms in total. The molecule has 34 heavy (non-hydrogen) atoms. The van der Waals surface area contributed by atoms with Gasteiger partial charge in [-0.2, -0.15) is 0 Å². The Labute approximate surface area is 205 Å². The smallest absolute Gasteiger partial charge is 0.0671 e. The Morgan fingerprint density at radius 1 is 1.18 bits per heavy atom. The highest BCUT2D eigenvalue weighted by Gasteiger charge is 2.17. The van der Waals surface area contributed by atoms with Crippen molar-refractivity contribution in [3.8, 4) is 0 Å². The van der Waals surface area contributed by atoms with Crippen molar-refractivity contribution in [3.63, 3.8) is 0 Å². The van der Waals surface area contributed by atoms with Crippen LogP contribution < -0.4 is 10.7 Å². The van der Waals surface area contributed by atoms with Crippen LogP contribution in [0, 0.1) is 0 Å². The number of benzene rings is 1. The lowest BCUT2D eigenvalue weighted by molar-refractivity contribution is 0.328. The van der Waals surface area contributed by atoms with Crippen LogP contribution >= 0.6 is 0 Å². The Morgan fingerprint density at radius 2 is 1.97 bits per heavy atom. The molecular formula is C29H39N5. The van der Waals surface area contributed by atoms with Gasteiger partial charge in [-0.25, -0.2) is 5.01 Å². The van der Waals surface area contributed by atoms with E-state index in [1.165, 1.54) is 16.7 Å². The Balaban J connectivity index is 2.40. The first-order chi connectivity index (χ1) is 16.4. The Hall–Kier alpha value is -3.44. The highest BCUT2D eigenvalue weighted by molar-refractivity contribution is 5.76. The second-order valence-electron chi connectivity index (χ2n) is 8.40. The number of nitrogens with one attached hydrogen (secondary N) is 2. The summed E-state index contributed by atoms with van der Waals surface area (Å²) in [5, 5.41) is 5.58. The van der Waals surface area contributed by atoms with E-state index >= 15 is 0 Å². The van der Waals surface area contributed by atoms with Gasteiger partial charge in [-0.05, 0) is 80.3 Å². The monoisotopic (exact) mass is 457 g/mol. The van der Waals surface area contributed by atoms with E-state index in [1.807, 2.05) is 46.0 Å². The molecule has 0 amide bonds. The maximum Gasteiger partial charge on any atom is 0.0671 e. The van der Waals surface area contributed by atoms with E-state index in [-0.39, 0.29) is 0 Å². The van der Waals surface area contributed by atoms with Crippen LogP contribution in [0.5, 0.6) is 0 Å². The predicted octanol–water partition coefficient (Wildman–Crippen LogP) is 6.07. The maximum absolute atomic E-state index is 4.38. The van der Waals surface area contributed by atoms with Crippen LogP contribution in [0.2, 0.25) is 0 Å². The average molecular weight is 458 g/mol. The summed E-state index contributed by atoms with van der Waals surface area (Å²) in [6.45, 7) is 14.7. The summed E-state index contributed by atoms with van der Waals surface area (Å²) in [4.78, 5) is 8.55. The first-order valence-electron chi connectivity index (χ1n) is 11.7. The summed E-state index contributed by atoms with van der Waals surface area (Å²) in [5.41, 5.74) is 12.3. The highest BCUT2D eigenvalue weighted by Crippen LogP contribution is 2.33. The van der Waals surface area contributed by atoms with Gasteiger partial charge in [0, 0.05) is 45.2 Å². The maximum atomic E-state index is 4.38. The lowest BCUT2D eigenvalue weighted by Gasteiger charge is -2.17. The molecule has 1 aromatic rings. The van der Waals surface area contributed by atoms with Gasteiger partial charge < -0.3 is 10.7 Å². The third kappa shape index (κ3) is 8.16. The van der Waals surface area contributed by atoms with Crippen LogP contribution in [0.15, 0.2) is 88.3 Å². The number of fused-ring (bicyclic) bond motifs is 1. The summed E-state index contributed by atoms with van der Waals surface area (Å²) in [5.74, 6) is 0.